The van der Waals surface area contributed by atoms with Crippen molar-refractivity contribution in [3.63, 3.8) is 0 Å². The van der Waals surface area contributed by atoms with Crippen LogP contribution in [0.5, 0.6) is 0 Å². The number of anilines is 2. The van der Waals surface area contributed by atoms with E-state index in [1.165, 1.54) is 18.7 Å². The predicted octanol–water partition coefficient (Wildman–Crippen LogP) is 1.26. The zero-order chi connectivity index (χ0) is 12.5. The molecular formula is C13H12N4O. The van der Waals surface area contributed by atoms with Crippen LogP contribution in [0.3, 0.4) is 0 Å². The lowest BCUT2D eigenvalue weighted by molar-refractivity contribution is 0.0988. The molecule has 0 aliphatic carbocycles. The van der Waals surface area contributed by atoms with Gasteiger partial charge in [-0.25, -0.2) is 9.97 Å². The normalized spacial score (nSPS) is 13.4. The number of nitrogen functional groups attached to an aromatic ring is 1. The first-order valence-electron chi connectivity index (χ1n) is 5.71. The van der Waals surface area contributed by atoms with Gasteiger partial charge in [-0.05, 0) is 30.2 Å². The Morgan fingerprint density at radius 1 is 1.28 bits per heavy atom. The summed E-state index contributed by atoms with van der Waals surface area (Å²) in [7, 11) is 0. The van der Waals surface area contributed by atoms with Gasteiger partial charge in [0.25, 0.3) is 5.91 Å². The number of rotatable bonds is 1. The van der Waals surface area contributed by atoms with Gasteiger partial charge < -0.3 is 10.6 Å². The molecule has 1 aromatic heterocycles. The smallest absolute Gasteiger partial charge is 0.261 e. The lowest BCUT2D eigenvalue weighted by Crippen LogP contribution is -2.29. The van der Waals surface area contributed by atoms with Gasteiger partial charge in [-0.3, -0.25) is 4.79 Å². The first-order valence-corrected chi connectivity index (χ1v) is 5.71. The number of nitrogens with zero attached hydrogens (tertiary/aromatic N) is 3. The molecule has 0 spiro atoms. The van der Waals surface area contributed by atoms with E-state index in [-0.39, 0.29) is 5.91 Å². The van der Waals surface area contributed by atoms with E-state index in [0.29, 0.717) is 12.1 Å². The van der Waals surface area contributed by atoms with Crippen LogP contribution in [-0.2, 0) is 6.42 Å². The van der Waals surface area contributed by atoms with E-state index in [0.717, 1.165) is 23.4 Å². The summed E-state index contributed by atoms with van der Waals surface area (Å²) in [5.74, 6) is -0.0703. The lowest BCUT2D eigenvalue weighted by atomic mass is 10.1. The van der Waals surface area contributed by atoms with Crippen molar-refractivity contribution in [3.05, 3.63) is 48.0 Å². The zero-order valence-corrected chi connectivity index (χ0v) is 9.71. The maximum absolute atomic E-state index is 12.3. The third kappa shape index (κ3) is 1.69. The van der Waals surface area contributed by atoms with Crippen LogP contribution in [0.4, 0.5) is 11.4 Å². The van der Waals surface area contributed by atoms with Gasteiger partial charge in [-0.1, -0.05) is 0 Å². The Morgan fingerprint density at radius 3 is 2.83 bits per heavy atom. The number of benzene rings is 1. The summed E-state index contributed by atoms with van der Waals surface area (Å²) in [5.41, 5.74) is 9.01. The van der Waals surface area contributed by atoms with E-state index < -0.39 is 0 Å². The number of carbonyl (C=O) groups excluding carboxylic acids is 1. The van der Waals surface area contributed by atoms with Crippen molar-refractivity contribution in [3.8, 4) is 0 Å². The second kappa shape index (κ2) is 4.10. The minimum absolute atomic E-state index is 0.0703. The molecular weight excluding hydrogens is 228 g/mol. The number of fused-ring (bicyclic) bond motifs is 1. The molecule has 0 fully saturated rings. The summed E-state index contributed by atoms with van der Waals surface area (Å²) in [4.78, 5) is 21.8. The number of hydrogen-bond acceptors (Lipinski definition) is 4. The summed E-state index contributed by atoms with van der Waals surface area (Å²) in [5, 5.41) is 0. The number of carbonyl (C=O) groups is 1. The molecule has 0 saturated carbocycles. The van der Waals surface area contributed by atoms with Crippen LogP contribution in [-0.4, -0.2) is 22.4 Å². The third-order valence-electron chi connectivity index (χ3n) is 3.05. The molecule has 2 aromatic rings. The monoisotopic (exact) mass is 240 g/mol. The average Bonchev–Trinajstić information content (AvgIpc) is 2.81. The molecule has 5 nitrogen and oxygen atoms in total. The van der Waals surface area contributed by atoms with Crippen LogP contribution >= 0.6 is 0 Å². The molecule has 0 bridgehead atoms. The van der Waals surface area contributed by atoms with Gasteiger partial charge in [0, 0.05) is 30.3 Å². The lowest BCUT2D eigenvalue weighted by Gasteiger charge is -2.16. The number of aromatic nitrogens is 2. The van der Waals surface area contributed by atoms with Crippen LogP contribution in [0.2, 0.25) is 0 Å². The summed E-state index contributed by atoms with van der Waals surface area (Å²) in [6, 6.07) is 5.62. The van der Waals surface area contributed by atoms with Gasteiger partial charge in [0.05, 0.1) is 5.56 Å². The Kier molecular flexibility index (Phi) is 2.44. The van der Waals surface area contributed by atoms with Gasteiger partial charge >= 0.3 is 0 Å². The second-order valence-corrected chi connectivity index (χ2v) is 4.22. The van der Waals surface area contributed by atoms with Crippen molar-refractivity contribution in [2.75, 3.05) is 17.2 Å². The van der Waals surface area contributed by atoms with Crippen LogP contribution in [0.1, 0.15) is 15.9 Å². The Bertz CT molecular complexity index is 597. The maximum atomic E-state index is 12.3. The molecule has 3 rings (SSSR count). The molecule has 2 N–H and O–H groups in total. The minimum atomic E-state index is -0.0703. The van der Waals surface area contributed by atoms with E-state index in [2.05, 4.69) is 9.97 Å². The molecule has 0 radical (unpaired) electrons. The van der Waals surface area contributed by atoms with Gasteiger partial charge in [0.1, 0.15) is 6.33 Å². The van der Waals surface area contributed by atoms with Crippen LogP contribution < -0.4 is 10.6 Å². The fourth-order valence-electron chi connectivity index (χ4n) is 2.20. The minimum Gasteiger partial charge on any atom is -0.399 e. The molecule has 0 atom stereocenters. The highest BCUT2D eigenvalue weighted by Crippen LogP contribution is 2.30. The van der Waals surface area contributed by atoms with E-state index in [1.54, 1.807) is 4.90 Å². The summed E-state index contributed by atoms with van der Waals surface area (Å²) < 4.78 is 0. The van der Waals surface area contributed by atoms with E-state index >= 15 is 0 Å². The molecule has 1 aromatic carbocycles. The highest BCUT2D eigenvalue weighted by Gasteiger charge is 2.25. The van der Waals surface area contributed by atoms with E-state index in [1.807, 2.05) is 18.2 Å². The largest absolute Gasteiger partial charge is 0.399 e. The fraction of sp³-hybridized carbons (Fsp3) is 0.154. The molecule has 1 aliphatic rings. The molecule has 18 heavy (non-hydrogen) atoms. The van der Waals surface area contributed by atoms with Crippen molar-refractivity contribution < 1.29 is 4.79 Å². The maximum Gasteiger partial charge on any atom is 0.261 e. The molecule has 1 amide bonds. The van der Waals surface area contributed by atoms with Crippen LogP contribution in [0.25, 0.3) is 0 Å². The fourth-order valence-corrected chi connectivity index (χ4v) is 2.20. The standard InChI is InChI=1S/C13H12N4O/c14-11-1-2-12-9(5-11)3-4-17(12)13(18)10-6-15-8-16-7-10/h1-2,5-8H,3-4,14H2. The van der Waals surface area contributed by atoms with Gasteiger partial charge in [-0.15, -0.1) is 0 Å². The van der Waals surface area contributed by atoms with Crippen molar-refractivity contribution in [1.82, 2.24) is 9.97 Å². The van der Waals surface area contributed by atoms with Crippen molar-refractivity contribution in [1.29, 1.82) is 0 Å². The third-order valence-corrected chi connectivity index (χ3v) is 3.05. The molecule has 5 heteroatoms. The van der Waals surface area contributed by atoms with E-state index in [4.69, 9.17) is 5.73 Å². The average molecular weight is 240 g/mol. The number of amides is 1. The summed E-state index contributed by atoms with van der Waals surface area (Å²) in [6.07, 6.45) is 5.31. The van der Waals surface area contributed by atoms with Crippen LogP contribution in [0, 0.1) is 0 Å². The molecule has 0 saturated heterocycles. The van der Waals surface area contributed by atoms with Gasteiger partial charge in [0.2, 0.25) is 0 Å². The number of nitrogens with two attached hydrogens (primary N) is 1. The van der Waals surface area contributed by atoms with E-state index in [9.17, 15) is 4.79 Å². The van der Waals surface area contributed by atoms with Crippen molar-refractivity contribution in [2.24, 2.45) is 0 Å². The SMILES string of the molecule is Nc1ccc2c(c1)CCN2C(=O)c1cncnc1. The Hall–Kier alpha value is -2.43. The summed E-state index contributed by atoms with van der Waals surface area (Å²) in [6.45, 7) is 0.673. The first kappa shape index (κ1) is 10.7. The predicted molar refractivity (Wildman–Crippen MR) is 68.3 cm³/mol. The number of hydrogen-bond donors (Lipinski definition) is 1. The van der Waals surface area contributed by atoms with Crippen molar-refractivity contribution >= 4 is 17.3 Å². The highest BCUT2D eigenvalue weighted by molar-refractivity contribution is 6.07. The molecule has 0 unspecified atom stereocenters. The topological polar surface area (TPSA) is 72.1 Å². The Balaban J connectivity index is 1.95. The Labute approximate surface area is 104 Å². The summed E-state index contributed by atoms with van der Waals surface area (Å²) >= 11 is 0. The first-order chi connectivity index (χ1) is 8.75. The zero-order valence-electron chi connectivity index (χ0n) is 9.71. The van der Waals surface area contributed by atoms with Gasteiger partial charge in [0.15, 0.2) is 0 Å². The van der Waals surface area contributed by atoms with Crippen molar-refractivity contribution in [2.45, 2.75) is 6.42 Å². The molecule has 90 valence electrons. The molecule has 2 heterocycles. The highest BCUT2D eigenvalue weighted by atomic mass is 16.2. The van der Waals surface area contributed by atoms with Gasteiger partial charge in [-0.2, -0.15) is 0 Å². The Morgan fingerprint density at radius 2 is 2.06 bits per heavy atom. The quantitative estimate of drug-likeness (QED) is 0.762. The second-order valence-electron chi connectivity index (χ2n) is 4.22. The molecule has 1 aliphatic heterocycles. The van der Waals surface area contributed by atoms with Crippen LogP contribution in [0.15, 0.2) is 36.9 Å².